The van der Waals surface area contributed by atoms with Crippen LogP contribution in [-0.2, 0) is 38.8 Å². The molecule has 0 radical (unpaired) electrons. The molecule has 3 aromatic rings. The number of nitrogens with one attached hydrogen (secondary N) is 1. The van der Waals surface area contributed by atoms with E-state index in [0.717, 1.165) is 24.0 Å². The summed E-state index contributed by atoms with van der Waals surface area (Å²) in [7, 11) is -4.27. The van der Waals surface area contributed by atoms with Crippen molar-refractivity contribution in [2.45, 2.75) is 32.1 Å². The first-order chi connectivity index (χ1) is 19.2. The molecule has 0 bridgehead atoms. The van der Waals surface area contributed by atoms with Gasteiger partial charge >= 0.3 is 6.18 Å². The first kappa shape index (κ1) is 32.2. The minimum atomic E-state index is -4.87. The lowest BCUT2D eigenvalue weighted by atomic mass is 10.0. The minimum Gasteiger partial charge on any atom is -0.355 e. The Bertz CT molecular complexity index is 1490. The lowest BCUT2D eigenvalue weighted by Gasteiger charge is -2.33. The predicted octanol–water partition coefficient (Wildman–Crippen LogP) is 5.55. The summed E-state index contributed by atoms with van der Waals surface area (Å²) in [5, 5.41) is 2.40. The normalized spacial score (nSPS) is 12.5. The van der Waals surface area contributed by atoms with Crippen molar-refractivity contribution < 1.29 is 31.2 Å². The largest absolute Gasteiger partial charge is 0.417 e. The monoisotopic (exact) mass is 629 g/mol. The van der Waals surface area contributed by atoms with E-state index in [1.807, 2.05) is 0 Å². The number of carbonyl (C=O) groups is 2. The fraction of sp³-hybridized carbons (Fsp3) is 0.286. The van der Waals surface area contributed by atoms with Gasteiger partial charge in [0.1, 0.15) is 12.6 Å². The molecule has 1 atom stereocenters. The van der Waals surface area contributed by atoms with Crippen LogP contribution >= 0.6 is 23.2 Å². The van der Waals surface area contributed by atoms with Crippen LogP contribution in [0.15, 0.2) is 72.8 Å². The number of benzene rings is 3. The molecule has 7 nitrogen and oxygen atoms in total. The molecule has 41 heavy (non-hydrogen) atoms. The summed E-state index contributed by atoms with van der Waals surface area (Å²) in [5.41, 5.74) is -0.447. The van der Waals surface area contributed by atoms with Gasteiger partial charge < -0.3 is 10.2 Å². The Labute approximate surface area is 246 Å². The summed E-state index contributed by atoms with van der Waals surface area (Å²) >= 11 is 12.1. The van der Waals surface area contributed by atoms with Crippen LogP contribution in [0.2, 0.25) is 10.0 Å². The molecule has 0 aliphatic carbocycles. The SMILES string of the molecule is CCNC(=O)[C@@H](Cc1ccccc1)N(Cc1ccccc1Cl)C(=O)CN(c1ccc(Cl)c(C(F)(F)F)c1)S(C)(=O)=O. The Kier molecular flexibility index (Phi) is 10.7. The second kappa shape index (κ2) is 13.6. The minimum absolute atomic E-state index is 0.0842. The van der Waals surface area contributed by atoms with Crippen LogP contribution in [0.4, 0.5) is 18.9 Å². The van der Waals surface area contributed by atoms with Gasteiger partial charge in [0.15, 0.2) is 0 Å². The molecule has 3 rings (SSSR count). The van der Waals surface area contributed by atoms with E-state index in [1.54, 1.807) is 61.5 Å². The topological polar surface area (TPSA) is 86.8 Å². The number of sulfonamides is 1. The first-order valence-corrected chi connectivity index (χ1v) is 15.0. The smallest absolute Gasteiger partial charge is 0.355 e. The third kappa shape index (κ3) is 8.61. The van der Waals surface area contributed by atoms with Gasteiger partial charge in [-0.05, 0) is 42.3 Å². The number of anilines is 1. The van der Waals surface area contributed by atoms with E-state index in [1.165, 1.54) is 4.90 Å². The van der Waals surface area contributed by atoms with Gasteiger partial charge in [0.05, 0.1) is 22.5 Å². The lowest BCUT2D eigenvalue weighted by molar-refractivity contribution is -0.140. The molecular weight excluding hydrogens is 602 g/mol. The highest BCUT2D eigenvalue weighted by Crippen LogP contribution is 2.37. The molecule has 0 spiro atoms. The van der Waals surface area contributed by atoms with E-state index >= 15 is 0 Å². The lowest BCUT2D eigenvalue weighted by Crippen LogP contribution is -2.53. The van der Waals surface area contributed by atoms with E-state index in [9.17, 15) is 31.2 Å². The first-order valence-electron chi connectivity index (χ1n) is 12.4. The highest BCUT2D eigenvalue weighted by Gasteiger charge is 2.36. The van der Waals surface area contributed by atoms with Crippen molar-refractivity contribution in [1.29, 1.82) is 0 Å². The zero-order valence-electron chi connectivity index (χ0n) is 22.2. The standard InChI is InChI=1S/C28H28Cl2F3N3O4S/c1-3-34-27(38)25(15-19-9-5-4-6-10-19)35(17-20-11-7-8-12-23(20)29)26(37)18-36(41(2,39)40)21-13-14-24(30)22(16-21)28(31,32)33/h4-14,16,25H,3,15,17-18H2,1-2H3,(H,34,38)/t25-/m1/s1. The number of nitrogens with zero attached hydrogens (tertiary/aromatic N) is 2. The van der Waals surface area contributed by atoms with Gasteiger partial charge in [0.2, 0.25) is 21.8 Å². The number of amides is 2. The zero-order valence-corrected chi connectivity index (χ0v) is 24.5. The molecule has 0 aliphatic rings. The molecule has 0 fully saturated rings. The van der Waals surface area contributed by atoms with Crippen LogP contribution in [0.3, 0.4) is 0 Å². The third-order valence-electron chi connectivity index (χ3n) is 6.14. The highest BCUT2D eigenvalue weighted by atomic mass is 35.5. The van der Waals surface area contributed by atoms with E-state index in [4.69, 9.17) is 23.2 Å². The average molecular weight is 631 g/mol. The molecule has 1 N–H and O–H groups in total. The van der Waals surface area contributed by atoms with Crippen molar-refractivity contribution in [3.8, 4) is 0 Å². The Hall–Kier alpha value is -3.28. The van der Waals surface area contributed by atoms with Crippen molar-refractivity contribution in [1.82, 2.24) is 10.2 Å². The Morgan fingerprint density at radius 2 is 1.59 bits per heavy atom. The summed E-state index contributed by atoms with van der Waals surface area (Å²) in [6.45, 7) is 0.923. The maximum Gasteiger partial charge on any atom is 0.417 e. The third-order valence-corrected chi connectivity index (χ3v) is 7.98. The quantitative estimate of drug-likeness (QED) is 0.301. The summed E-state index contributed by atoms with van der Waals surface area (Å²) < 4.78 is 66.8. The molecule has 0 heterocycles. The molecule has 13 heteroatoms. The van der Waals surface area contributed by atoms with Crippen LogP contribution in [0, 0.1) is 0 Å². The summed E-state index contributed by atoms with van der Waals surface area (Å²) in [6.07, 6.45) is -4.01. The van der Waals surface area contributed by atoms with Crippen LogP contribution < -0.4 is 9.62 Å². The zero-order chi connectivity index (χ0) is 30.4. The van der Waals surface area contributed by atoms with Crippen molar-refractivity contribution in [3.05, 3.63) is 99.5 Å². The maximum atomic E-state index is 13.9. The average Bonchev–Trinajstić information content (AvgIpc) is 2.90. The molecule has 220 valence electrons. The molecule has 2 amide bonds. The summed E-state index contributed by atoms with van der Waals surface area (Å²) in [6, 6.07) is 17.0. The second-order valence-corrected chi connectivity index (χ2v) is 11.9. The molecule has 0 aromatic heterocycles. The van der Waals surface area contributed by atoms with Gasteiger partial charge in [0, 0.05) is 24.5 Å². The molecule has 0 aliphatic heterocycles. The van der Waals surface area contributed by atoms with E-state index in [2.05, 4.69) is 5.32 Å². The van der Waals surface area contributed by atoms with E-state index in [0.29, 0.717) is 21.0 Å². The number of alkyl halides is 3. The van der Waals surface area contributed by atoms with Gasteiger partial charge in [-0.3, -0.25) is 13.9 Å². The van der Waals surface area contributed by atoms with E-state index in [-0.39, 0.29) is 19.5 Å². The van der Waals surface area contributed by atoms with Crippen molar-refractivity contribution in [3.63, 3.8) is 0 Å². The number of hydrogen-bond acceptors (Lipinski definition) is 4. The summed E-state index contributed by atoms with van der Waals surface area (Å²) in [4.78, 5) is 28.4. The van der Waals surface area contributed by atoms with Gasteiger partial charge in [-0.2, -0.15) is 13.2 Å². The molecule has 0 unspecified atom stereocenters. The van der Waals surface area contributed by atoms with Gasteiger partial charge in [-0.25, -0.2) is 8.42 Å². The van der Waals surface area contributed by atoms with Gasteiger partial charge in [-0.1, -0.05) is 71.7 Å². The van der Waals surface area contributed by atoms with Crippen LogP contribution in [0.25, 0.3) is 0 Å². The molecular formula is C28H28Cl2F3N3O4S. The highest BCUT2D eigenvalue weighted by molar-refractivity contribution is 7.92. The Morgan fingerprint density at radius 1 is 0.951 bits per heavy atom. The van der Waals surface area contributed by atoms with Gasteiger partial charge in [0.25, 0.3) is 0 Å². The van der Waals surface area contributed by atoms with Crippen LogP contribution in [-0.4, -0.2) is 50.5 Å². The fourth-order valence-corrected chi connectivity index (χ4v) is 5.42. The van der Waals surface area contributed by atoms with E-state index < -0.39 is 56.9 Å². The fourth-order valence-electron chi connectivity index (χ4n) is 4.16. The predicted molar refractivity (Wildman–Crippen MR) is 153 cm³/mol. The number of carbonyl (C=O) groups excluding carboxylic acids is 2. The van der Waals surface area contributed by atoms with Crippen LogP contribution in [0.1, 0.15) is 23.6 Å². The Balaban J connectivity index is 2.09. The Morgan fingerprint density at radius 3 is 2.17 bits per heavy atom. The number of hydrogen-bond donors (Lipinski definition) is 1. The molecule has 0 saturated carbocycles. The number of halogens is 5. The van der Waals surface area contributed by atoms with Crippen LogP contribution in [0.5, 0.6) is 0 Å². The second-order valence-electron chi connectivity index (χ2n) is 9.14. The summed E-state index contributed by atoms with van der Waals surface area (Å²) in [5.74, 6) is -1.32. The van der Waals surface area contributed by atoms with Gasteiger partial charge in [-0.15, -0.1) is 0 Å². The molecule has 0 saturated heterocycles. The molecule has 3 aromatic carbocycles. The number of rotatable bonds is 11. The van der Waals surface area contributed by atoms with Crippen molar-refractivity contribution in [2.24, 2.45) is 0 Å². The van der Waals surface area contributed by atoms with Crippen molar-refractivity contribution in [2.75, 3.05) is 23.7 Å². The number of likely N-dealkylation sites (N-methyl/N-ethyl adjacent to an activating group) is 1. The van der Waals surface area contributed by atoms with Crippen molar-refractivity contribution >= 4 is 50.7 Å². The maximum absolute atomic E-state index is 13.9.